The summed E-state index contributed by atoms with van der Waals surface area (Å²) in [5.41, 5.74) is -1.97. The minimum absolute atomic E-state index is 0.0952. The molecule has 0 spiro atoms. The second kappa shape index (κ2) is 6.73. The molecular formula is C16H17F3N2O2. The summed E-state index contributed by atoms with van der Waals surface area (Å²) in [6.07, 6.45) is -3.97. The van der Waals surface area contributed by atoms with Crippen LogP contribution in [0.15, 0.2) is 35.6 Å². The number of anilines is 1. The number of carbonyl (C=O) groups excluding carboxylic acids is 1. The summed E-state index contributed by atoms with van der Waals surface area (Å²) in [4.78, 5) is 12.1. The molecule has 124 valence electrons. The molecule has 0 aliphatic rings. The van der Waals surface area contributed by atoms with Crippen molar-refractivity contribution in [3.8, 4) is 6.07 Å². The molecule has 0 fully saturated rings. The maximum Gasteiger partial charge on any atom is 0.416 e. The Morgan fingerprint density at radius 3 is 2.17 bits per heavy atom. The normalized spacial score (nSPS) is 13.1. The van der Waals surface area contributed by atoms with E-state index in [2.05, 4.69) is 5.32 Å². The van der Waals surface area contributed by atoms with Crippen LogP contribution in [0.5, 0.6) is 0 Å². The Labute approximate surface area is 132 Å². The van der Waals surface area contributed by atoms with Crippen molar-refractivity contribution in [1.29, 1.82) is 5.26 Å². The number of rotatable bonds is 4. The van der Waals surface area contributed by atoms with Crippen molar-refractivity contribution >= 4 is 11.6 Å². The molecule has 1 aromatic rings. The molecule has 0 unspecified atom stereocenters. The van der Waals surface area contributed by atoms with Gasteiger partial charge in [-0.25, -0.2) is 0 Å². The monoisotopic (exact) mass is 326 g/mol. The summed E-state index contributed by atoms with van der Waals surface area (Å²) < 4.78 is 37.4. The van der Waals surface area contributed by atoms with Crippen LogP contribution in [0.3, 0.4) is 0 Å². The Morgan fingerprint density at radius 2 is 1.78 bits per heavy atom. The smallest absolute Gasteiger partial charge is 0.416 e. The lowest BCUT2D eigenvalue weighted by Gasteiger charge is -2.22. The fraction of sp³-hybridized carbons (Fsp3) is 0.375. The molecule has 1 aromatic carbocycles. The van der Waals surface area contributed by atoms with Crippen molar-refractivity contribution in [1.82, 2.24) is 0 Å². The van der Waals surface area contributed by atoms with Crippen LogP contribution in [-0.4, -0.2) is 11.0 Å². The second-order valence-electron chi connectivity index (χ2n) is 5.60. The molecule has 0 heterocycles. The minimum atomic E-state index is -4.47. The lowest BCUT2D eigenvalue weighted by Crippen LogP contribution is -2.22. The highest BCUT2D eigenvalue weighted by Crippen LogP contribution is 2.31. The van der Waals surface area contributed by atoms with E-state index in [1.54, 1.807) is 26.8 Å². The predicted octanol–water partition coefficient (Wildman–Crippen LogP) is 4.42. The zero-order valence-corrected chi connectivity index (χ0v) is 13.0. The number of allylic oxidation sites excluding steroid dienone is 1. The summed E-state index contributed by atoms with van der Waals surface area (Å²) in [6, 6.07) is 5.44. The van der Waals surface area contributed by atoms with E-state index in [9.17, 15) is 23.1 Å². The molecule has 0 aliphatic carbocycles. The molecule has 1 amide bonds. The van der Waals surface area contributed by atoms with Crippen LogP contribution in [-0.2, 0) is 11.0 Å². The third-order valence-corrected chi connectivity index (χ3v) is 3.57. The number of aliphatic hydroxyl groups is 1. The Bertz CT molecular complexity index is 653. The van der Waals surface area contributed by atoms with Gasteiger partial charge < -0.3 is 10.4 Å². The zero-order valence-electron chi connectivity index (χ0n) is 13.0. The van der Waals surface area contributed by atoms with Gasteiger partial charge in [-0.2, -0.15) is 18.4 Å². The third kappa shape index (κ3) is 4.49. The van der Waals surface area contributed by atoms with Crippen LogP contribution in [0.1, 0.15) is 32.8 Å². The van der Waals surface area contributed by atoms with E-state index >= 15 is 0 Å². The first-order valence-corrected chi connectivity index (χ1v) is 6.85. The van der Waals surface area contributed by atoms with E-state index in [1.807, 2.05) is 0 Å². The molecule has 0 aliphatic heterocycles. The van der Waals surface area contributed by atoms with Crippen LogP contribution in [0.4, 0.5) is 18.9 Å². The predicted molar refractivity (Wildman–Crippen MR) is 79.4 cm³/mol. The highest BCUT2D eigenvalue weighted by Gasteiger charge is 2.30. The number of aliphatic hydroxyl groups excluding tert-OH is 1. The molecule has 0 saturated carbocycles. The average Bonchev–Trinajstić information content (AvgIpc) is 2.47. The van der Waals surface area contributed by atoms with E-state index in [0.717, 1.165) is 24.3 Å². The molecule has 0 aromatic heterocycles. The van der Waals surface area contributed by atoms with Crippen LogP contribution < -0.4 is 5.32 Å². The number of halogens is 3. The SMILES string of the molecule is CCC(C)(C)/C(O)=C(\C#N)C(=O)Nc1ccc(C(F)(F)F)cc1. The van der Waals surface area contributed by atoms with Gasteiger partial charge in [-0.1, -0.05) is 20.8 Å². The van der Waals surface area contributed by atoms with Gasteiger partial charge in [0, 0.05) is 11.1 Å². The molecule has 0 saturated heterocycles. The summed E-state index contributed by atoms with van der Waals surface area (Å²) in [5.74, 6) is -1.22. The zero-order chi connectivity index (χ0) is 17.8. The molecule has 7 heteroatoms. The van der Waals surface area contributed by atoms with Gasteiger partial charge in [0.1, 0.15) is 11.8 Å². The summed E-state index contributed by atoms with van der Waals surface area (Å²) in [7, 11) is 0. The van der Waals surface area contributed by atoms with E-state index in [0.29, 0.717) is 6.42 Å². The fourth-order valence-electron chi connectivity index (χ4n) is 1.65. The van der Waals surface area contributed by atoms with Crippen LogP contribution >= 0.6 is 0 Å². The number of nitrogens with one attached hydrogen (secondary N) is 1. The Kier molecular flexibility index (Phi) is 5.43. The average molecular weight is 326 g/mol. The van der Waals surface area contributed by atoms with E-state index in [4.69, 9.17) is 5.26 Å². The van der Waals surface area contributed by atoms with E-state index in [-0.39, 0.29) is 11.4 Å². The van der Waals surface area contributed by atoms with Crippen molar-refractivity contribution in [2.24, 2.45) is 5.41 Å². The molecular weight excluding hydrogens is 309 g/mol. The lowest BCUT2D eigenvalue weighted by molar-refractivity contribution is -0.137. The van der Waals surface area contributed by atoms with Crippen LogP contribution in [0, 0.1) is 16.7 Å². The third-order valence-electron chi connectivity index (χ3n) is 3.57. The van der Waals surface area contributed by atoms with Crippen LogP contribution in [0.2, 0.25) is 0 Å². The van der Waals surface area contributed by atoms with Gasteiger partial charge in [-0.05, 0) is 30.7 Å². The number of amides is 1. The molecule has 0 radical (unpaired) electrons. The number of nitrogens with zero attached hydrogens (tertiary/aromatic N) is 1. The van der Waals surface area contributed by atoms with Gasteiger partial charge in [-0.3, -0.25) is 4.79 Å². The topological polar surface area (TPSA) is 73.1 Å². The molecule has 23 heavy (non-hydrogen) atoms. The highest BCUT2D eigenvalue weighted by molar-refractivity contribution is 6.07. The Morgan fingerprint density at radius 1 is 1.26 bits per heavy atom. The van der Waals surface area contributed by atoms with Crippen molar-refractivity contribution in [2.45, 2.75) is 33.4 Å². The summed E-state index contributed by atoms with van der Waals surface area (Å²) in [5, 5.41) is 21.5. The molecule has 1 rings (SSSR count). The fourth-order valence-corrected chi connectivity index (χ4v) is 1.65. The molecule has 4 nitrogen and oxygen atoms in total. The van der Waals surface area contributed by atoms with Gasteiger partial charge in [-0.15, -0.1) is 0 Å². The largest absolute Gasteiger partial charge is 0.510 e. The summed E-state index contributed by atoms with van der Waals surface area (Å²) in [6.45, 7) is 5.13. The number of hydrogen-bond donors (Lipinski definition) is 2. The molecule has 0 bridgehead atoms. The lowest BCUT2D eigenvalue weighted by atomic mass is 9.85. The van der Waals surface area contributed by atoms with Crippen molar-refractivity contribution in [2.75, 3.05) is 5.32 Å². The standard InChI is InChI=1S/C16H17F3N2O2/c1-4-15(2,3)13(22)12(9-20)14(23)21-11-7-5-10(6-8-11)16(17,18)19/h5-8,22H,4H2,1-3H3,(H,21,23)/b13-12-. The molecule has 2 N–H and O–H groups in total. The van der Waals surface area contributed by atoms with E-state index < -0.39 is 28.6 Å². The first kappa shape index (κ1) is 18.6. The maximum atomic E-state index is 12.5. The van der Waals surface area contributed by atoms with Crippen molar-refractivity contribution in [3.05, 3.63) is 41.2 Å². The minimum Gasteiger partial charge on any atom is -0.510 e. The number of benzene rings is 1. The Hall–Kier alpha value is -2.49. The van der Waals surface area contributed by atoms with Crippen molar-refractivity contribution < 1.29 is 23.1 Å². The van der Waals surface area contributed by atoms with Gasteiger partial charge in [0.25, 0.3) is 5.91 Å². The second-order valence-corrected chi connectivity index (χ2v) is 5.60. The maximum absolute atomic E-state index is 12.5. The Balaban J connectivity index is 3.03. The molecule has 0 atom stereocenters. The van der Waals surface area contributed by atoms with Gasteiger partial charge in [0.15, 0.2) is 5.57 Å². The van der Waals surface area contributed by atoms with Crippen molar-refractivity contribution in [3.63, 3.8) is 0 Å². The van der Waals surface area contributed by atoms with Gasteiger partial charge in [0.2, 0.25) is 0 Å². The quantitative estimate of drug-likeness (QED) is 0.489. The number of alkyl halides is 3. The van der Waals surface area contributed by atoms with Gasteiger partial charge in [0.05, 0.1) is 5.56 Å². The first-order chi connectivity index (χ1) is 10.5. The van der Waals surface area contributed by atoms with Gasteiger partial charge >= 0.3 is 6.18 Å². The summed E-state index contributed by atoms with van der Waals surface area (Å²) >= 11 is 0. The number of nitriles is 1. The number of hydrogen-bond acceptors (Lipinski definition) is 3. The van der Waals surface area contributed by atoms with E-state index in [1.165, 1.54) is 0 Å². The van der Waals surface area contributed by atoms with Crippen LogP contribution in [0.25, 0.3) is 0 Å². The highest BCUT2D eigenvalue weighted by atomic mass is 19.4. The number of carbonyl (C=O) groups is 1. The first-order valence-electron chi connectivity index (χ1n) is 6.85.